The van der Waals surface area contributed by atoms with E-state index in [1.807, 2.05) is 0 Å². The summed E-state index contributed by atoms with van der Waals surface area (Å²) in [4.78, 5) is 23.1. The molecule has 4 N–H and O–H groups in total. The van der Waals surface area contributed by atoms with Crippen LogP contribution >= 0.6 is 0 Å². The van der Waals surface area contributed by atoms with Gasteiger partial charge in [0.25, 0.3) is 0 Å². The van der Waals surface area contributed by atoms with Crippen molar-refractivity contribution in [1.29, 1.82) is 0 Å². The van der Waals surface area contributed by atoms with Crippen LogP contribution in [0.5, 0.6) is 5.75 Å². The van der Waals surface area contributed by atoms with Gasteiger partial charge in [0, 0.05) is 23.8 Å². The van der Waals surface area contributed by atoms with Gasteiger partial charge in [0.2, 0.25) is 11.8 Å². The Balaban J connectivity index is 1.58. The Morgan fingerprint density at radius 2 is 1.81 bits per heavy atom. The lowest BCUT2D eigenvalue weighted by Gasteiger charge is -2.07. The zero-order valence-corrected chi connectivity index (χ0v) is 17.2. The van der Waals surface area contributed by atoms with Gasteiger partial charge in [-0.3, -0.25) is 19.9 Å². The first kappa shape index (κ1) is 22.2. The summed E-state index contributed by atoms with van der Waals surface area (Å²) in [6, 6.07) is 9.89. The molecule has 0 unspecified atom stereocenters. The number of rotatable bonds is 10. The van der Waals surface area contributed by atoms with E-state index in [2.05, 4.69) is 15.5 Å². The van der Waals surface area contributed by atoms with Gasteiger partial charge >= 0.3 is 0 Å². The van der Waals surface area contributed by atoms with Gasteiger partial charge in [-0.15, -0.1) is 0 Å². The Bertz CT molecular complexity index is 1070. The van der Waals surface area contributed by atoms with Crippen LogP contribution in [0.4, 0.5) is 10.2 Å². The van der Waals surface area contributed by atoms with E-state index in [4.69, 9.17) is 9.94 Å². The molecule has 0 atom stereocenters. The number of fused-ring (bicyclic) bond motifs is 1. The fraction of sp³-hybridized carbons (Fsp3) is 0.318. The van der Waals surface area contributed by atoms with Crippen LogP contribution in [0.1, 0.15) is 38.5 Å². The van der Waals surface area contributed by atoms with Gasteiger partial charge in [0.05, 0.1) is 12.6 Å². The van der Waals surface area contributed by atoms with E-state index in [0.29, 0.717) is 47.5 Å². The molecule has 0 aliphatic carbocycles. The number of aromatic amines is 1. The van der Waals surface area contributed by atoms with E-state index in [0.717, 1.165) is 18.2 Å². The molecule has 1 aromatic heterocycles. The first-order chi connectivity index (χ1) is 15.0. The molecule has 8 nitrogen and oxygen atoms in total. The SMILES string of the molecule is COc1ccc(F)c(-c2ccc3c(NC(=O)CCCCCCC(=O)NO)n[nH]c3c2)c1. The number of benzene rings is 2. The quantitative estimate of drug-likeness (QED) is 0.220. The van der Waals surface area contributed by atoms with Crippen LogP contribution in [0, 0.1) is 5.82 Å². The second kappa shape index (κ2) is 10.5. The number of ether oxygens (including phenoxy) is 1. The lowest BCUT2D eigenvalue weighted by molar-refractivity contribution is -0.129. The summed E-state index contributed by atoms with van der Waals surface area (Å²) in [6.07, 6.45) is 3.57. The normalized spacial score (nSPS) is 10.8. The number of methoxy groups -OCH3 is 1. The number of hydrogen-bond acceptors (Lipinski definition) is 5. The van der Waals surface area contributed by atoms with E-state index in [1.165, 1.54) is 13.2 Å². The van der Waals surface area contributed by atoms with E-state index in [1.54, 1.807) is 35.8 Å². The number of amides is 2. The molecule has 9 heteroatoms. The van der Waals surface area contributed by atoms with Crippen molar-refractivity contribution in [2.45, 2.75) is 38.5 Å². The molecule has 164 valence electrons. The minimum Gasteiger partial charge on any atom is -0.497 e. The molecule has 0 bridgehead atoms. The average molecular weight is 428 g/mol. The molecule has 0 fully saturated rings. The summed E-state index contributed by atoms with van der Waals surface area (Å²) in [7, 11) is 1.53. The van der Waals surface area contributed by atoms with E-state index in [-0.39, 0.29) is 18.1 Å². The first-order valence-electron chi connectivity index (χ1n) is 10.1. The van der Waals surface area contributed by atoms with Gasteiger partial charge in [0.1, 0.15) is 11.6 Å². The summed E-state index contributed by atoms with van der Waals surface area (Å²) < 4.78 is 19.4. The number of carbonyl (C=O) groups excluding carboxylic acids is 2. The summed E-state index contributed by atoms with van der Waals surface area (Å²) in [5, 5.41) is 19.0. The maximum atomic E-state index is 14.3. The number of aromatic nitrogens is 2. The molecule has 3 rings (SSSR count). The zero-order chi connectivity index (χ0) is 22.2. The Morgan fingerprint density at radius 3 is 2.52 bits per heavy atom. The largest absolute Gasteiger partial charge is 0.497 e. The van der Waals surface area contributed by atoms with Crippen molar-refractivity contribution in [2.24, 2.45) is 0 Å². The minimum absolute atomic E-state index is 0.149. The molecule has 31 heavy (non-hydrogen) atoms. The predicted molar refractivity (Wildman–Crippen MR) is 114 cm³/mol. The third-order valence-corrected chi connectivity index (χ3v) is 4.99. The molecule has 0 radical (unpaired) electrons. The number of nitrogens with one attached hydrogen (secondary N) is 3. The van der Waals surface area contributed by atoms with E-state index >= 15 is 0 Å². The van der Waals surface area contributed by atoms with Crippen LogP contribution in [0.25, 0.3) is 22.0 Å². The Kier molecular flexibility index (Phi) is 7.55. The highest BCUT2D eigenvalue weighted by Gasteiger charge is 2.12. The number of hydrogen-bond donors (Lipinski definition) is 4. The van der Waals surface area contributed by atoms with Crippen molar-refractivity contribution >= 4 is 28.5 Å². The van der Waals surface area contributed by atoms with Gasteiger partial charge in [-0.05, 0) is 48.7 Å². The third-order valence-electron chi connectivity index (χ3n) is 4.99. The zero-order valence-electron chi connectivity index (χ0n) is 17.2. The van der Waals surface area contributed by atoms with Crippen molar-refractivity contribution in [1.82, 2.24) is 15.7 Å². The van der Waals surface area contributed by atoms with Crippen LogP contribution in [-0.4, -0.2) is 34.3 Å². The highest BCUT2D eigenvalue weighted by atomic mass is 19.1. The van der Waals surface area contributed by atoms with Crippen LogP contribution in [0.15, 0.2) is 36.4 Å². The minimum atomic E-state index is -0.402. The molecule has 0 aliphatic rings. The lowest BCUT2D eigenvalue weighted by atomic mass is 10.0. The average Bonchev–Trinajstić information content (AvgIpc) is 3.18. The highest BCUT2D eigenvalue weighted by molar-refractivity contribution is 6.00. The molecule has 3 aromatic rings. The topological polar surface area (TPSA) is 116 Å². The standard InChI is InChI=1S/C22H25FN4O4/c1-31-15-9-11-18(23)17(13-15)14-8-10-16-19(12-14)25-26-22(16)24-20(28)6-4-2-3-5-7-21(29)27-30/h8-13,30H,2-7H2,1H3,(H,27,29)(H2,24,25,26,28). The summed E-state index contributed by atoms with van der Waals surface area (Å²) >= 11 is 0. The Hall–Kier alpha value is -3.46. The van der Waals surface area contributed by atoms with Gasteiger partial charge in [0.15, 0.2) is 5.82 Å². The fourth-order valence-electron chi connectivity index (χ4n) is 3.31. The van der Waals surface area contributed by atoms with Crippen LogP contribution in [-0.2, 0) is 9.59 Å². The third kappa shape index (κ3) is 5.79. The van der Waals surface area contributed by atoms with Gasteiger partial charge in [-0.25, -0.2) is 9.87 Å². The van der Waals surface area contributed by atoms with Crippen molar-refractivity contribution in [3.05, 3.63) is 42.2 Å². The van der Waals surface area contributed by atoms with Crippen molar-refractivity contribution < 1.29 is 23.9 Å². The molecule has 2 aromatic carbocycles. The number of halogens is 1. The molecule has 0 aliphatic heterocycles. The first-order valence-corrected chi connectivity index (χ1v) is 10.1. The number of H-pyrrole nitrogens is 1. The molecule has 0 saturated carbocycles. The number of anilines is 1. The van der Waals surface area contributed by atoms with E-state index in [9.17, 15) is 14.0 Å². The molecular formula is C22H25FN4O4. The molecule has 2 amide bonds. The lowest BCUT2D eigenvalue weighted by Crippen LogP contribution is -2.17. The predicted octanol–water partition coefficient (Wildman–Crippen LogP) is 4.16. The van der Waals surface area contributed by atoms with E-state index < -0.39 is 5.91 Å². The second-order valence-corrected chi connectivity index (χ2v) is 7.18. The summed E-state index contributed by atoms with van der Waals surface area (Å²) in [6.45, 7) is 0. The van der Waals surface area contributed by atoms with Crippen LogP contribution in [0.3, 0.4) is 0 Å². The molecule has 1 heterocycles. The molecule has 0 spiro atoms. The Labute approximate surface area is 178 Å². The number of hydroxylamine groups is 1. The second-order valence-electron chi connectivity index (χ2n) is 7.18. The van der Waals surface area contributed by atoms with Crippen molar-refractivity contribution in [3.8, 4) is 16.9 Å². The Morgan fingerprint density at radius 1 is 1.06 bits per heavy atom. The number of nitrogens with zero attached hydrogens (tertiary/aromatic N) is 1. The maximum Gasteiger partial charge on any atom is 0.243 e. The number of unbranched alkanes of at least 4 members (excludes halogenated alkanes) is 3. The van der Waals surface area contributed by atoms with Gasteiger partial charge in [-0.2, -0.15) is 5.10 Å². The fourth-order valence-corrected chi connectivity index (χ4v) is 3.31. The summed E-state index contributed by atoms with van der Waals surface area (Å²) in [5.41, 5.74) is 3.36. The van der Waals surface area contributed by atoms with Gasteiger partial charge in [-0.1, -0.05) is 18.9 Å². The highest BCUT2D eigenvalue weighted by Crippen LogP contribution is 2.31. The van der Waals surface area contributed by atoms with Crippen LogP contribution < -0.4 is 15.5 Å². The monoisotopic (exact) mass is 428 g/mol. The van der Waals surface area contributed by atoms with Gasteiger partial charge < -0.3 is 10.1 Å². The molecule has 0 saturated heterocycles. The number of carbonyl (C=O) groups is 2. The van der Waals surface area contributed by atoms with Crippen LogP contribution in [0.2, 0.25) is 0 Å². The van der Waals surface area contributed by atoms with Crippen molar-refractivity contribution in [3.63, 3.8) is 0 Å². The maximum absolute atomic E-state index is 14.3. The summed E-state index contributed by atoms with van der Waals surface area (Å²) in [5.74, 6) is 0.0815. The van der Waals surface area contributed by atoms with Crippen molar-refractivity contribution in [2.75, 3.05) is 12.4 Å². The smallest absolute Gasteiger partial charge is 0.243 e. The molecular weight excluding hydrogens is 403 g/mol.